The number of thiol groups is 1. The summed E-state index contributed by atoms with van der Waals surface area (Å²) in [6, 6.07) is 19.5. The minimum atomic E-state index is -5.40. The summed E-state index contributed by atoms with van der Waals surface area (Å²) in [5.74, 6) is 0.110. The summed E-state index contributed by atoms with van der Waals surface area (Å²) < 4.78 is 42.4. The van der Waals surface area contributed by atoms with Crippen LogP contribution >= 0.6 is 12.6 Å². The zero-order valence-electron chi connectivity index (χ0n) is 25.0. The summed E-state index contributed by atoms with van der Waals surface area (Å²) in [5.41, 5.74) is 7.13. The van der Waals surface area contributed by atoms with Crippen molar-refractivity contribution in [3.05, 3.63) is 101 Å². The normalized spacial score (nSPS) is 15.8. The summed E-state index contributed by atoms with van der Waals surface area (Å²) in [4.78, 5) is 55.4. The Morgan fingerprint density at radius 3 is 2.32 bits per heavy atom. The molecule has 0 fully saturated rings. The second-order valence-electron chi connectivity index (χ2n) is 10.6. The average Bonchev–Trinajstić information content (AvgIpc) is 3.11. The summed E-state index contributed by atoms with van der Waals surface area (Å²) >= 11 is 4.36. The van der Waals surface area contributed by atoms with Gasteiger partial charge in [-0.25, -0.2) is 4.79 Å². The number of nitrogens with zero attached hydrogens (tertiary/aromatic N) is 2. The van der Waals surface area contributed by atoms with Crippen LogP contribution in [0.1, 0.15) is 46.4 Å². The lowest BCUT2D eigenvalue weighted by Crippen LogP contribution is -2.47. The summed E-state index contributed by atoms with van der Waals surface area (Å²) in [5, 5.41) is 9.37. The third-order valence-electron chi connectivity index (χ3n) is 7.07. The number of nitrogens with two attached hydrogens (primary N) is 1. The summed E-state index contributed by atoms with van der Waals surface area (Å²) in [6.07, 6.45) is -6.22. The van der Waals surface area contributed by atoms with Crippen LogP contribution in [0.5, 0.6) is 0 Å². The largest absolute Gasteiger partial charge is 0.491 e. The summed E-state index contributed by atoms with van der Waals surface area (Å²) in [6.45, 7) is 1.61. The molecule has 3 aromatic carbocycles. The minimum Gasteiger partial charge on any atom is -0.386 e. The van der Waals surface area contributed by atoms with Crippen LogP contribution in [-0.2, 0) is 25.7 Å². The van der Waals surface area contributed by atoms with E-state index in [-0.39, 0.29) is 30.3 Å². The second-order valence-corrected chi connectivity index (χ2v) is 11.2. The van der Waals surface area contributed by atoms with E-state index >= 15 is 0 Å². The van der Waals surface area contributed by atoms with Crippen LogP contribution in [0.4, 0.5) is 18.9 Å². The van der Waals surface area contributed by atoms with E-state index in [2.05, 4.69) is 34.5 Å². The molecule has 0 saturated heterocycles. The smallest absolute Gasteiger partial charge is 0.386 e. The monoisotopic (exact) mass is 665 g/mol. The van der Waals surface area contributed by atoms with Gasteiger partial charge in [0.05, 0.1) is 29.5 Å². The summed E-state index contributed by atoms with van der Waals surface area (Å²) in [7, 11) is 0. The lowest BCUT2D eigenvalue weighted by atomic mass is 10.0. The SMILES string of the molecule is CC(CC(=O)OC(=O)C(F)(F)F)N1C(=O)c2cc(C#CC(S)CNC(=N)N)ccc2N(Cc2ccccc2)C(=O)C1c1ccccc1. The van der Waals surface area contributed by atoms with E-state index in [0.29, 0.717) is 11.1 Å². The molecule has 4 rings (SSSR count). The number of hydrogen-bond acceptors (Lipinski definition) is 7. The number of ether oxygens (including phenoxy) is 1. The topological polar surface area (TPSA) is 146 Å². The fraction of sp³-hybridized carbons (Fsp3) is 0.242. The Labute approximate surface area is 274 Å². The van der Waals surface area contributed by atoms with Crippen molar-refractivity contribution in [1.82, 2.24) is 10.2 Å². The highest BCUT2D eigenvalue weighted by molar-refractivity contribution is 7.81. The van der Waals surface area contributed by atoms with Crippen LogP contribution in [0, 0.1) is 17.3 Å². The van der Waals surface area contributed by atoms with Crippen molar-refractivity contribution in [2.24, 2.45) is 5.73 Å². The van der Waals surface area contributed by atoms with Crippen LogP contribution in [0.3, 0.4) is 0 Å². The zero-order chi connectivity index (χ0) is 34.3. The fourth-order valence-electron chi connectivity index (χ4n) is 4.95. The molecular formula is C33H30F3N5O5S. The van der Waals surface area contributed by atoms with Crippen molar-refractivity contribution in [3.8, 4) is 11.8 Å². The Balaban J connectivity index is 1.82. The molecule has 3 aromatic rings. The minimum absolute atomic E-state index is 0.0451. The Bertz CT molecular complexity index is 1730. The molecule has 1 aliphatic rings. The zero-order valence-corrected chi connectivity index (χ0v) is 25.8. The molecule has 3 atom stereocenters. The van der Waals surface area contributed by atoms with E-state index in [1.165, 1.54) is 17.9 Å². The highest BCUT2D eigenvalue weighted by Crippen LogP contribution is 2.38. The van der Waals surface area contributed by atoms with E-state index in [1.54, 1.807) is 54.6 Å². The van der Waals surface area contributed by atoms with Gasteiger partial charge in [-0.1, -0.05) is 72.5 Å². The number of halogens is 3. The molecule has 0 aliphatic carbocycles. The van der Waals surface area contributed by atoms with Gasteiger partial charge in [0.25, 0.3) is 11.8 Å². The van der Waals surface area contributed by atoms with Crippen molar-refractivity contribution in [2.45, 2.75) is 43.4 Å². The van der Waals surface area contributed by atoms with Crippen LogP contribution in [0.2, 0.25) is 0 Å². The molecule has 0 radical (unpaired) electrons. The first-order valence-electron chi connectivity index (χ1n) is 14.2. The molecule has 1 aliphatic heterocycles. The highest BCUT2D eigenvalue weighted by atomic mass is 32.1. The molecule has 10 nitrogen and oxygen atoms in total. The molecule has 2 amide bonds. The average molecular weight is 666 g/mol. The third-order valence-corrected chi connectivity index (χ3v) is 7.38. The third kappa shape index (κ3) is 8.71. The Hall–Kier alpha value is -5.29. The quantitative estimate of drug-likeness (QED) is 0.0712. The van der Waals surface area contributed by atoms with E-state index in [0.717, 1.165) is 10.5 Å². The number of carbonyl (C=O) groups excluding carboxylic acids is 4. The van der Waals surface area contributed by atoms with E-state index in [4.69, 9.17) is 11.1 Å². The van der Waals surface area contributed by atoms with E-state index in [1.807, 2.05) is 18.2 Å². The van der Waals surface area contributed by atoms with Crippen LogP contribution < -0.4 is 16.0 Å². The van der Waals surface area contributed by atoms with Gasteiger partial charge in [0, 0.05) is 18.2 Å². The molecule has 0 bridgehead atoms. The number of esters is 2. The fourth-order valence-corrected chi connectivity index (χ4v) is 5.11. The van der Waals surface area contributed by atoms with Crippen LogP contribution in [-0.4, -0.2) is 58.6 Å². The maximum absolute atomic E-state index is 14.5. The first-order chi connectivity index (χ1) is 22.3. The van der Waals surface area contributed by atoms with Gasteiger partial charge in [0.1, 0.15) is 6.04 Å². The number of amides is 2. The first kappa shape index (κ1) is 34.6. The first-order valence-corrected chi connectivity index (χ1v) is 14.7. The van der Waals surface area contributed by atoms with Gasteiger partial charge in [0.2, 0.25) is 0 Å². The molecular weight excluding hydrogens is 635 g/mol. The number of carbonyl (C=O) groups is 4. The molecule has 47 heavy (non-hydrogen) atoms. The van der Waals surface area contributed by atoms with Crippen LogP contribution in [0.15, 0.2) is 78.9 Å². The van der Waals surface area contributed by atoms with Gasteiger partial charge in [-0.05, 0) is 36.2 Å². The highest BCUT2D eigenvalue weighted by Gasteiger charge is 2.45. The van der Waals surface area contributed by atoms with E-state index < -0.39 is 53.7 Å². The van der Waals surface area contributed by atoms with Gasteiger partial charge in [0.15, 0.2) is 5.96 Å². The Morgan fingerprint density at radius 1 is 1.06 bits per heavy atom. The molecule has 244 valence electrons. The Morgan fingerprint density at radius 2 is 1.70 bits per heavy atom. The van der Waals surface area contributed by atoms with Crippen molar-refractivity contribution in [2.75, 3.05) is 11.4 Å². The standard InChI is InChI=1S/C33H30F3N5O5S/c1-20(16-27(42)46-31(45)33(34,35)36)41-28(23-10-6-3-7-11-23)30(44)40(19-22-8-4-2-5-9-22)26-15-13-21(17-25(26)29(41)43)12-14-24(47)18-39-32(37)38/h2-11,13,15,17,20,24,28,47H,16,18-19H2,1H3,(H4,37,38,39). The molecule has 1 heterocycles. The number of fused-ring (bicyclic) bond motifs is 1. The van der Waals surface area contributed by atoms with Gasteiger partial charge >= 0.3 is 18.1 Å². The number of alkyl halides is 3. The molecule has 3 unspecified atom stereocenters. The molecule has 0 aromatic heterocycles. The Kier molecular flexibility index (Phi) is 10.9. The molecule has 0 spiro atoms. The van der Waals surface area contributed by atoms with Crippen molar-refractivity contribution >= 4 is 48.0 Å². The van der Waals surface area contributed by atoms with Crippen molar-refractivity contribution in [1.29, 1.82) is 5.41 Å². The lowest BCUT2D eigenvalue weighted by molar-refractivity contribution is -0.202. The van der Waals surface area contributed by atoms with Gasteiger partial charge in [-0.15, -0.1) is 0 Å². The van der Waals surface area contributed by atoms with Crippen molar-refractivity contribution in [3.63, 3.8) is 0 Å². The maximum atomic E-state index is 14.5. The lowest BCUT2D eigenvalue weighted by Gasteiger charge is -2.35. The van der Waals surface area contributed by atoms with E-state index in [9.17, 15) is 32.3 Å². The predicted molar refractivity (Wildman–Crippen MR) is 170 cm³/mol. The number of guanidine groups is 1. The van der Waals surface area contributed by atoms with Gasteiger partial charge in [-0.3, -0.25) is 19.8 Å². The number of benzene rings is 3. The maximum Gasteiger partial charge on any atom is 0.491 e. The van der Waals surface area contributed by atoms with Crippen LogP contribution in [0.25, 0.3) is 0 Å². The number of rotatable bonds is 8. The second kappa shape index (κ2) is 14.9. The number of nitrogens with one attached hydrogen (secondary N) is 2. The number of hydrogen-bond donors (Lipinski definition) is 4. The predicted octanol–water partition coefficient (Wildman–Crippen LogP) is 3.96. The van der Waals surface area contributed by atoms with Crippen molar-refractivity contribution < 1.29 is 37.1 Å². The molecule has 0 saturated carbocycles. The number of anilines is 1. The van der Waals surface area contributed by atoms with Gasteiger partial charge in [-0.2, -0.15) is 25.8 Å². The van der Waals surface area contributed by atoms with Gasteiger partial charge < -0.3 is 25.6 Å². The molecule has 4 N–H and O–H groups in total. The molecule has 14 heteroatoms.